The number of nitrogens with zero attached hydrogens (tertiary/aromatic N) is 3. The molecule has 0 saturated heterocycles. The predicted octanol–water partition coefficient (Wildman–Crippen LogP) is 5.62. The zero-order valence-electron chi connectivity index (χ0n) is 18.4. The van der Waals surface area contributed by atoms with Crippen LogP contribution in [0.1, 0.15) is 16.1 Å². The van der Waals surface area contributed by atoms with E-state index < -0.39 is 23.4 Å². The number of nitrogens with one attached hydrogen (secondary N) is 1. The van der Waals surface area contributed by atoms with Gasteiger partial charge in [0, 0.05) is 23.5 Å². The normalized spacial score (nSPS) is 11.1. The summed E-state index contributed by atoms with van der Waals surface area (Å²) >= 11 is 0. The molecule has 5 aromatic rings. The highest BCUT2D eigenvalue weighted by molar-refractivity contribution is 6.07. The number of aromatic nitrogens is 3. The third kappa shape index (κ3) is 3.97. The summed E-state index contributed by atoms with van der Waals surface area (Å²) in [5.74, 6) is -2.68. The van der Waals surface area contributed by atoms with Crippen LogP contribution in [0.5, 0.6) is 0 Å². The van der Waals surface area contributed by atoms with Crippen molar-refractivity contribution in [3.8, 4) is 22.5 Å². The van der Waals surface area contributed by atoms with Crippen LogP contribution in [0.25, 0.3) is 28.0 Å². The topological polar surface area (TPSA) is 85.3 Å². The van der Waals surface area contributed by atoms with Crippen LogP contribution in [-0.2, 0) is 0 Å². The van der Waals surface area contributed by atoms with Crippen LogP contribution in [-0.4, -0.2) is 20.3 Å². The summed E-state index contributed by atoms with van der Waals surface area (Å²) in [6, 6.07) is 12.8. The maximum atomic E-state index is 14.4. The molecule has 0 atom stereocenters. The minimum Gasteiger partial charge on any atom is -0.397 e. The van der Waals surface area contributed by atoms with Crippen molar-refractivity contribution < 1.29 is 18.0 Å². The molecule has 0 aliphatic carbocycles. The molecular formula is C26H18F3N5O. The fourth-order valence-electron chi connectivity index (χ4n) is 3.89. The molecule has 0 saturated carbocycles. The summed E-state index contributed by atoms with van der Waals surface area (Å²) in [6.45, 7) is 1.69. The molecule has 0 spiro atoms. The van der Waals surface area contributed by atoms with Gasteiger partial charge in [-0.05, 0) is 49.4 Å². The van der Waals surface area contributed by atoms with Gasteiger partial charge in [0.25, 0.3) is 5.91 Å². The first kappa shape index (κ1) is 22.1. The Morgan fingerprint density at radius 3 is 2.57 bits per heavy atom. The molecule has 0 radical (unpaired) electrons. The smallest absolute Gasteiger partial charge is 0.257 e. The quantitative estimate of drug-likeness (QED) is 0.332. The Hall–Kier alpha value is -4.66. The SMILES string of the molecule is Cc1ncc(-c2cccn3c(-c4cccc(F)c4F)ncc23)cc1C(=O)Nc1ccc(F)cc1N. The molecular weight excluding hydrogens is 455 g/mol. The van der Waals surface area contributed by atoms with Crippen LogP contribution in [0.2, 0.25) is 0 Å². The Labute approximate surface area is 197 Å². The van der Waals surface area contributed by atoms with E-state index in [1.165, 1.54) is 24.3 Å². The Morgan fingerprint density at radius 1 is 0.971 bits per heavy atom. The van der Waals surface area contributed by atoms with Gasteiger partial charge in [0.05, 0.1) is 39.9 Å². The average Bonchev–Trinajstić information content (AvgIpc) is 3.27. The van der Waals surface area contributed by atoms with E-state index in [2.05, 4.69) is 15.3 Å². The summed E-state index contributed by atoms with van der Waals surface area (Å²) in [5, 5.41) is 2.68. The molecule has 1 amide bonds. The molecule has 0 fully saturated rings. The van der Waals surface area contributed by atoms with Crippen LogP contribution in [0, 0.1) is 24.4 Å². The zero-order chi connectivity index (χ0) is 24.7. The number of pyridine rings is 2. The number of hydrogen-bond donors (Lipinski definition) is 2. The van der Waals surface area contributed by atoms with Crippen molar-refractivity contribution >= 4 is 22.8 Å². The summed E-state index contributed by atoms with van der Waals surface area (Å²) in [5.41, 5.74) is 8.91. The number of benzene rings is 2. The molecule has 0 bridgehead atoms. The Morgan fingerprint density at radius 2 is 1.77 bits per heavy atom. The molecule has 0 aliphatic rings. The minimum atomic E-state index is -0.985. The Bertz CT molecular complexity index is 1610. The average molecular weight is 473 g/mol. The molecule has 5 rings (SSSR count). The number of carbonyl (C=O) groups is 1. The summed E-state index contributed by atoms with van der Waals surface area (Å²) in [7, 11) is 0. The standard InChI is InChI=1S/C26H18F3N5O/c1-14-19(26(35)33-22-8-7-16(27)11-21(22)30)10-15(12-31-14)17-5-3-9-34-23(17)13-32-25(34)18-4-2-6-20(28)24(18)29/h2-13H,30H2,1H3,(H,33,35). The number of imidazole rings is 1. The maximum absolute atomic E-state index is 14.4. The van der Waals surface area contributed by atoms with Gasteiger partial charge in [-0.3, -0.25) is 14.2 Å². The van der Waals surface area contributed by atoms with Gasteiger partial charge in [-0.15, -0.1) is 0 Å². The van der Waals surface area contributed by atoms with Crippen molar-refractivity contribution in [1.82, 2.24) is 14.4 Å². The highest BCUT2D eigenvalue weighted by atomic mass is 19.2. The van der Waals surface area contributed by atoms with Gasteiger partial charge in [-0.1, -0.05) is 12.1 Å². The molecule has 174 valence electrons. The molecule has 3 heterocycles. The van der Waals surface area contributed by atoms with Gasteiger partial charge in [-0.25, -0.2) is 18.2 Å². The van der Waals surface area contributed by atoms with Crippen LogP contribution < -0.4 is 11.1 Å². The zero-order valence-corrected chi connectivity index (χ0v) is 18.4. The fourth-order valence-corrected chi connectivity index (χ4v) is 3.89. The van der Waals surface area contributed by atoms with Crippen molar-refractivity contribution in [2.45, 2.75) is 6.92 Å². The van der Waals surface area contributed by atoms with Gasteiger partial charge >= 0.3 is 0 Å². The van der Waals surface area contributed by atoms with E-state index in [9.17, 15) is 18.0 Å². The molecule has 0 aliphatic heterocycles. The summed E-state index contributed by atoms with van der Waals surface area (Å²) < 4.78 is 43.2. The highest BCUT2D eigenvalue weighted by Crippen LogP contribution is 2.31. The molecule has 0 unspecified atom stereocenters. The van der Waals surface area contributed by atoms with Gasteiger partial charge in [0.2, 0.25) is 0 Å². The first-order valence-electron chi connectivity index (χ1n) is 10.6. The second-order valence-corrected chi connectivity index (χ2v) is 7.90. The van der Waals surface area contributed by atoms with Gasteiger partial charge in [-0.2, -0.15) is 0 Å². The lowest BCUT2D eigenvalue weighted by Crippen LogP contribution is -2.15. The number of carbonyl (C=O) groups excluding carboxylic acids is 1. The lowest BCUT2D eigenvalue weighted by atomic mass is 10.0. The number of nitrogen functional groups attached to an aromatic ring is 1. The van der Waals surface area contributed by atoms with Crippen molar-refractivity contribution in [3.63, 3.8) is 0 Å². The van der Waals surface area contributed by atoms with E-state index in [4.69, 9.17) is 5.73 Å². The first-order chi connectivity index (χ1) is 16.8. The molecule has 2 aromatic carbocycles. The molecule has 3 aromatic heterocycles. The number of hydrogen-bond acceptors (Lipinski definition) is 4. The fraction of sp³-hybridized carbons (Fsp3) is 0.0385. The van der Waals surface area contributed by atoms with Gasteiger partial charge in [0.15, 0.2) is 11.6 Å². The largest absolute Gasteiger partial charge is 0.397 e. The number of fused-ring (bicyclic) bond motifs is 1. The maximum Gasteiger partial charge on any atom is 0.257 e. The minimum absolute atomic E-state index is 0.0288. The lowest BCUT2D eigenvalue weighted by molar-refractivity contribution is 0.102. The third-order valence-electron chi connectivity index (χ3n) is 5.67. The number of anilines is 2. The van der Waals surface area contributed by atoms with Crippen molar-refractivity contribution in [2.24, 2.45) is 0 Å². The Kier molecular flexibility index (Phi) is 5.44. The van der Waals surface area contributed by atoms with E-state index >= 15 is 0 Å². The van der Waals surface area contributed by atoms with Crippen LogP contribution in [0.15, 0.2) is 73.2 Å². The predicted molar refractivity (Wildman–Crippen MR) is 127 cm³/mol. The van der Waals surface area contributed by atoms with E-state index in [1.54, 1.807) is 42.0 Å². The molecule has 9 heteroatoms. The number of aryl methyl sites for hydroxylation is 1. The van der Waals surface area contributed by atoms with Crippen LogP contribution in [0.3, 0.4) is 0 Å². The van der Waals surface area contributed by atoms with Crippen molar-refractivity contribution in [2.75, 3.05) is 11.1 Å². The number of amides is 1. The monoisotopic (exact) mass is 473 g/mol. The van der Waals surface area contributed by atoms with Crippen LogP contribution >= 0.6 is 0 Å². The lowest BCUT2D eigenvalue weighted by Gasteiger charge is -2.12. The van der Waals surface area contributed by atoms with Crippen molar-refractivity contribution in [3.05, 3.63) is 102 Å². The second-order valence-electron chi connectivity index (χ2n) is 7.90. The highest BCUT2D eigenvalue weighted by Gasteiger charge is 2.18. The Balaban J connectivity index is 1.56. The van der Waals surface area contributed by atoms with E-state index in [0.717, 1.165) is 12.1 Å². The molecule has 6 nitrogen and oxygen atoms in total. The van der Waals surface area contributed by atoms with Gasteiger partial charge in [0.1, 0.15) is 11.6 Å². The van der Waals surface area contributed by atoms with Crippen LogP contribution in [0.4, 0.5) is 24.5 Å². The third-order valence-corrected chi connectivity index (χ3v) is 5.67. The second kappa shape index (κ2) is 8.60. The summed E-state index contributed by atoms with van der Waals surface area (Å²) in [4.78, 5) is 21.7. The van der Waals surface area contributed by atoms with E-state index in [0.29, 0.717) is 27.9 Å². The first-order valence-corrected chi connectivity index (χ1v) is 10.6. The number of nitrogens with two attached hydrogens (primary N) is 1. The number of halogens is 3. The van der Waals surface area contributed by atoms with Gasteiger partial charge < -0.3 is 11.1 Å². The van der Waals surface area contributed by atoms with E-state index in [1.807, 2.05) is 6.07 Å². The molecule has 3 N–H and O–H groups in total. The summed E-state index contributed by atoms with van der Waals surface area (Å²) in [6.07, 6.45) is 4.86. The number of rotatable bonds is 4. The van der Waals surface area contributed by atoms with E-state index in [-0.39, 0.29) is 22.8 Å². The van der Waals surface area contributed by atoms with Crippen molar-refractivity contribution in [1.29, 1.82) is 0 Å². The molecule has 35 heavy (non-hydrogen) atoms.